The van der Waals surface area contributed by atoms with Gasteiger partial charge in [-0.05, 0) is 84.8 Å². The largest absolute Gasteiger partial charge is 0.289 e. The number of imide groups is 2. The van der Waals surface area contributed by atoms with Gasteiger partial charge < -0.3 is 0 Å². The minimum atomic E-state index is -0.504. The van der Waals surface area contributed by atoms with Gasteiger partial charge in [0.1, 0.15) is 0 Å². The normalized spacial score (nSPS) is 13.8. The van der Waals surface area contributed by atoms with Gasteiger partial charge in [0.15, 0.2) is 5.78 Å². The van der Waals surface area contributed by atoms with E-state index in [0.717, 1.165) is 32.9 Å². The molecule has 7 rings (SSSR count). The van der Waals surface area contributed by atoms with Crippen molar-refractivity contribution in [3.8, 4) is 0 Å². The minimum absolute atomic E-state index is 0.141. The minimum Gasteiger partial charge on any atom is -0.289 e. The van der Waals surface area contributed by atoms with Crippen LogP contribution in [0, 0.1) is 13.8 Å². The van der Waals surface area contributed by atoms with Gasteiger partial charge in [0.05, 0.1) is 27.9 Å². The van der Waals surface area contributed by atoms with Gasteiger partial charge in [-0.25, -0.2) is 4.90 Å². The summed E-state index contributed by atoms with van der Waals surface area (Å²) in [7, 11) is 1.39. The number of nitrogens with zero attached hydrogens (tertiary/aromatic N) is 2. The summed E-state index contributed by atoms with van der Waals surface area (Å²) in [4.78, 5) is 67.3. The summed E-state index contributed by atoms with van der Waals surface area (Å²) in [6.07, 6.45) is 1.58. The molecule has 5 aromatic carbocycles. The third-order valence-electron chi connectivity index (χ3n) is 8.96. The molecule has 47 heavy (non-hydrogen) atoms. The van der Waals surface area contributed by atoms with Crippen LogP contribution in [-0.2, 0) is 12.8 Å². The van der Waals surface area contributed by atoms with E-state index in [0.29, 0.717) is 12.1 Å². The molecule has 0 aromatic heterocycles. The molecule has 0 saturated heterocycles. The molecule has 0 saturated carbocycles. The van der Waals surface area contributed by atoms with E-state index in [1.165, 1.54) is 60.1 Å². The molecule has 0 aliphatic carbocycles. The van der Waals surface area contributed by atoms with Gasteiger partial charge in [-0.1, -0.05) is 78.4 Å². The zero-order valence-corrected chi connectivity index (χ0v) is 26.2. The third-order valence-corrected chi connectivity index (χ3v) is 8.96. The van der Waals surface area contributed by atoms with E-state index >= 15 is 0 Å². The molecule has 0 spiro atoms. The molecule has 2 aliphatic rings. The Balaban J connectivity index is 1.07. The topological polar surface area (TPSA) is 91.8 Å². The van der Waals surface area contributed by atoms with Crippen molar-refractivity contribution in [2.45, 2.75) is 26.7 Å². The van der Waals surface area contributed by atoms with Gasteiger partial charge in [-0.2, -0.15) is 0 Å². The average molecular weight is 619 g/mol. The molecule has 0 bridgehead atoms. The lowest BCUT2D eigenvalue weighted by atomic mass is 9.96. The van der Waals surface area contributed by atoms with Crippen LogP contribution in [-0.4, -0.2) is 41.4 Å². The Morgan fingerprint density at radius 3 is 1.53 bits per heavy atom. The number of hydrogen-bond donors (Lipinski definition) is 0. The number of carbonyl (C=O) groups excluding carboxylic acids is 5. The van der Waals surface area contributed by atoms with Gasteiger partial charge in [0.25, 0.3) is 23.6 Å². The van der Waals surface area contributed by atoms with E-state index in [-0.39, 0.29) is 33.4 Å². The number of fused-ring (bicyclic) bond motifs is 2. The maximum atomic E-state index is 13.6. The summed E-state index contributed by atoms with van der Waals surface area (Å²) in [5, 5.41) is 0. The smallest absolute Gasteiger partial charge is 0.266 e. The van der Waals surface area contributed by atoms with E-state index in [1.54, 1.807) is 6.07 Å². The zero-order chi connectivity index (χ0) is 33.0. The molecule has 7 nitrogen and oxygen atoms in total. The number of carbonyl (C=O) groups is 5. The highest BCUT2D eigenvalue weighted by atomic mass is 16.2. The Morgan fingerprint density at radius 2 is 0.957 bits per heavy atom. The average Bonchev–Trinajstić information content (AvgIpc) is 3.45. The molecule has 0 fully saturated rings. The van der Waals surface area contributed by atoms with Crippen LogP contribution in [0.4, 0.5) is 5.69 Å². The lowest BCUT2D eigenvalue weighted by Crippen LogP contribution is -2.30. The SMILES string of the molecule is Cc1ccc(Cc2ccc(Cc3ccc(N4C(=O)c5ccc(C(=O)c6ccc7c(c6)C(=O)N(C)C7=O)cc5C4=O)c(C)c3)cc2)cc1. The highest BCUT2D eigenvalue weighted by Crippen LogP contribution is 2.33. The molecule has 5 aromatic rings. The lowest BCUT2D eigenvalue weighted by Gasteiger charge is -2.17. The van der Waals surface area contributed by atoms with Gasteiger partial charge >= 0.3 is 0 Å². The van der Waals surface area contributed by atoms with E-state index in [1.807, 2.05) is 19.1 Å². The molecule has 4 amide bonds. The predicted molar refractivity (Wildman–Crippen MR) is 178 cm³/mol. The fourth-order valence-corrected chi connectivity index (χ4v) is 6.30. The maximum absolute atomic E-state index is 13.6. The van der Waals surface area contributed by atoms with E-state index in [2.05, 4.69) is 55.5 Å². The first-order chi connectivity index (χ1) is 22.6. The Hall–Kier alpha value is -5.95. The number of aryl methyl sites for hydroxylation is 2. The highest BCUT2D eigenvalue weighted by molar-refractivity contribution is 6.35. The molecule has 2 aliphatic heterocycles. The summed E-state index contributed by atoms with van der Waals surface area (Å²) in [6.45, 7) is 3.96. The van der Waals surface area contributed by atoms with Crippen molar-refractivity contribution in [1.82, 2.24) is 4.90 Å². The number of benzene rings is 5. The molecule has 0 N–H and O–H groups in total. The van der Waals surface area contributed by atoms with E-state index < -0.39 is 29.4 Å². The van der Waals surface area contributed by atoms with Crippen LogP contribution in [0.2, 0.25) is 0 Å². The highest BCUT2D eigenvalue weighted by Gasteiger charge is 2.38. The van der Waals surface area contributed by atoms with E-state index in [9.17, 15) is 24.0 Å². The van der Waals surface area contributed by atoms with E-state index in [4.69, 9.17) is 0 Å². The molecular formula is C40H30N2O5. The van der Waals surface area contributed by atoms with Crippen molar-refractivity contribution in [3.05, 3.63) is 170 Å². The molecule has 0 atom stereocenters. The van der Waals surface area contributed by atoms with Crippen molar-refractivity contribution < 1.29 is 24.0 Å². The Bertz CT molecular complexity index is 2160. The van der Waals surface area contributed by atoms with Crippen molar-refractivity contribution >= 4 is 35.1 Å². The zero-order valence-electron chi connectivity index (χ0n) is 26.2. The van der Waals surface area contributed by atoms with Crippen LogP contribution in [0.1, 0.15) is 90.7 Å². The number of ketones is 1. The van der Waals surface area contributed by atoms with Gasteiger partial charge in [-0.15, -0.1) is 0 Å². The molecular weight excluding hydrogens is 588 g/mol. The molecule has 0 radical (unpaired) electrons. The quantitative estimate of drug-likeness (QED) is 0.149. The summed E-state index contributed by atoms with van der Waals surface area (Å²) in [5.41, 5.74) is 8.43. The third kappa shape index (κ3) is 5.25. The summed E-state index contributed by atoms with van der Waals surface area (Å²) < 4.78 is 0. The van der Waals surface area contributed by atoms with Crippen LogP contribution in [0.15, 0.2) is 103 Å². The number of anilines is 1. The summed E-state index contributed by atoms with van der Waals surface area (Å²) in [6, 6.07) is 31.6. The monoisotopic (exact) mass is 618 g/mol. The Kier molecular flexibility index (Phi) is 7.24. The van der Waals surface area contributed by atoms with Crippen molar-refractivity contribution in [1.29, 1.82) is 0 Å². The number of hydrogen-bond acceptors (Lipinski definition) is 5. The Morgan fingerprint density at radius 1 is 0.511 bits per heavy atom. The second kappa shape index (κ2) is 11.4. The van der Waals surface area contributed by atoms with Crippen LogP contribution in [0.5, 0.6) is 0 Å². The van der Waals surface area contributed by atoms with Gasteiger partial charge in [0.2, 0.25) is 0 Å². The van der Waals surface area contributed by atoms with Crippen LogP contribution in [0.25, 0.3) is 0 Å². The number of amides is 4. The number of rotatable bonds is 7. The summed E-state index contributed by atoms with van der Waals surface area (Å²) >= 11 is 0. The second-order valence-electron chi connectivity index (χ2n) is 12.2. The van der Waals surface area contributed by atoms with Crippen LogP contribution >= 0.6 is 0 Å². The van der Waals surface area contributed by atoms with Gasteiger partial charge in [0, 0.05) is 18.2 Å². The van der Waals surface area contributed by atoms with Crippen LogP contribution in [0.3, 0.4) is 0 Å². The molecule has 2 heterocycles. The van der Waals surface area contributed by atoms with Gasteiger partial charge in [-0.3, -0.25) is 28.9 Å². The predicted octanol–water partition coefficient (Wildman–Crippen LogP) is 6.74. The molecule has 230 valence electrons. The summed E-state index contributed by atoms with van der Waals surface area (Å²) in [5.74, 6) is -2.27. The first-order valence-corrected chi connectivity index (χ1v) is 15.4. The lowest BCUT2D eigenvalue weighted by molar-refractivity contribution is 0.0692. The second-order valence-corrected chi connectivity index (χ2v) is 12.2. The molecule has 0 unspecified atom stereocenters. The fraction of sp³-hybridized carbons (Fsp3) is 0.125. The Labute approximate surface area is 272 Å². The first-order valence-electron chi connectivity index (χ1n) is 15.4. The maximum Gasteiger partial charge on any atom is 0.266 e. The van der Waals surface area contributed by atoms with Crippen molar-refractivity contribution in [2.24, 2.45) is 0 Å². The van der Waals surface area contributed by atoms with Crippen molar-refractivity contribution in [2.75, 3.05) is 11.9 Å². The van der Waals surface area contributed by atoms with Crippen molar-refractivity contribution in [3.63, 3.8) is 0 Å². The standard InChI is InChI=1S/C40H30N2O5/c1-23-4-6-25(7-5-23)19-26-8-10-27(11-9-26)20-28-12-17-35(24(2)18-28)42-39(46)32-16-14-30(22-34(32)40(42)47)36(43)29-13-15-31-33(21-29)38(45)41(3)37(31)44/h4-18,21-22H,19-20H2,1-3H3. The fourth-order valence-electron chi connectivity index (χ4n) is 6.30. The first kappa shape index (κ1) is 29.7. The molecule has 7 heteroatoms. The van der Waals surface area contributed by atoms with Crippen LogP contribution < -0.4 is 4.90 Å².